The zero-order valence-corrected chi connectivity index (χ0v) is 22.5. The van der Waals surface area contributed by atoms with Crippen LogP contribution in [-0.2, 0) is 19.4 Å². The number of benzene rings is 2. The largest absolute Gasteiger partial charge is 0.357 e. The third-order valence-electron chi connectivity index (χ3n) is 5.23. The van der Waals surface area contributed by atoms with E-state index in [0.29, 0.717) is 12.1 Å². The summed E-state index contributed by atoms with van der Waals surface area (Å²) in [4.78, 5) is 23.0. The van der Waals surface area contributed by atoms with Gasteiger partial charge in [-0.05, 0) is 36.6 Å². The molecule has 182 valence electrons. The number of hydrogen-bond donors (Lipinski definition) is 2. The molecule has 1 amide bonds. The van der Waals surface area contributed by atoms with Crippen LogP contribution in [-0.4, -0.2) is 60.0 Å². The zero-order valence-electron chi connectivity index (χ0n) is 20.2. The van der Waals surface area contributed by atoms with Gasteiger partial charge in [0.15, 0.2) is 5.96 Å². The third kappa shape index (κ3) is 8.48. The van der Waals surface area contributed by atoms with E-state index in [-0.39, 0.29) is 29.9 Å². The molecular weight excluding hydrogens is 539 g/mol. The number of amides is 1. The lowest BCUT2D eigenvalue weighted by atomic mass is 10.1. The molecule has 3 aromatic rings. The van der Waals surface area contributed by atoms with Crippen LogP contribution in [0.1, 0.15) is 34.2 Å². The van der Waals surface area contributed by atoms with Crippen molar-refractivity contribution in [3.05, 3.63) is 89.5 Å². The summed E-state index contributed by atoms with van der Waals surface area (Å²) in [6.07, 6.45) is 5.44. The standard InChI is InChI=1S/C26H34N6O.HI/c1-4-27-26(29-15-13-21-11-8-12-23(19-21)25(33)31(2)3)30-16-14-24-28-17-18-32(24)20-22-9-6-5-7-10-22;/h5-12,17-19H,4,13-16,20H2,1-3H3,(H2,27,29,30);1H. The van der Waals surface area contributed by atoms with Crippen molar-refractivity contribution in [2.75, 3.05) is 33.7 Å². The SMILES string of the molecule is CCNC(=NCCc1nccn1Cc1ccccc1)NCCc1cccc(C(=O)N(C)C)c1.I. The molecule has 0 saturated carbocycles. The first-order valence-electron chi connectivity index (χ1n) is 11.4. The Balaban J connectivity index is 0.00000408. The van der Waals surface area contributed by atoms with Crippen LogP contribution in [0.15, 0.2) is 72.0 Å². The molecule has 0 fully saturated rings. The number of carbonyl (C=O) groups excluding carboxylic acids is 1. The second-order valence-electron chi connectivity index (χ2n) is 8.04. The smallest absolute Gasteiger partial charge is 0.253 e. The number of aromatic nitrogens is 2. The molecule has 0 aliphatic heterocycles. The fourth-order valence-electron chi connectivity index (χ4n) is 3.55. The van der Waals surface area contributed by atoms with Gasteiger partial charge in [0.25, 0.3) is 5.91 Å². The molecule has 1 heterocycles. The van der Waals surface area contributed by atoms with Crippen LogP contribution in [0.5, 0.6) is 0 Å². The molecule has 0 bridgehead atoms. The maximum absolute atomic E-state index is 12.2. The summed E-state index contributed by atoms with van der Waals surface area (Å²) in [5.74, 6) is 1.84. The lowest BCUT2D eigenvalue weighted by Crippen LogP contribution is -2.38. The van der Waals surface area contributed by atoms with Crippen molar-refractivity contribution in [1.82, 2.24) is 25.1 Å². The third-order valence-corrected chi connectivity index (χ3v) is 5.23. The minimum Gasteiger partial charge on any atom is -0.357 e. The maximum atomic E-state index is 12.2. The Labute approximate surface area is 219 Å². The van der Waals surface area contributed by atoms with Crippen molar-refractivity contribution < 1.29 is 4.79 Å². The minimum atomic E-state index is 0. The average molecular weight is 575 g/mol. The van der Waals surface area contributed by atoms with Crippen LogP contribution in [0.3, 0.4) is 0 Å². The molecule has 0 unspecified atom stereocenters. The van der Waals surface area contributed by atoms with Crippen LogP contribution in [0.4, 0.5) is 0 Å². The molecule has 0 saturated heterocycles. The number of rotatable bonds is 10. The number of imidazole rings is 1. The molecule has 0 radical (unpaired) electrons. The lowest BCUT2D eigenvalue weighted by molar-refractivity contribution is 0.0827. The normalized spacial score (nSPS) is 11.0. The number of nitrogens with zero attached hydrogens (tertiary/aromatic N) is 4. The number of halogens is 1. The molecule has 3 rings (SSSR count). The van der Waals surface area contributed by atoms with Crippen LogP contribution in [0, 0.1) is 0 Å². The Morgan fingerprint density at radius 1 is 1.03 bits per heavy atom. The second-order valence-corrected chi connectivity index (χ2v) is 8.04. The average Bonchev–Trinajstić information content (AvgIpc) is 3.26. The highest BCUT2D eigenvalue weighted by molar-refractivity contribution is 14.0. The molecule has 1 aromatic heterocycles. The van der Waals surface area contributed by atoms with Crippen molar-refractivity contribution in [3.63, 3.8) is 0 Å². The van der Waals surface area contributed by atoms with Gasteiger partial charge < -0.3 is 20.1 Å². The fraction of sp³-hybridized carbons (Fsp3) is 0.346. The highest BCUT2D eigenvalue weighted by Gasteiger charge is 2.08. The topological polar surface area (TPSA) is 74.5 Å². The zero-order chi connectivity index (χ0) is 23.5. The number of nitrogens with one attached hydrogen (secondary N) is 2. The first kappa shape index (κ1) is 27.4. The van der Waals surface area contributed by atoms with E-state index < -0.39 is 0 Å². The molecule has 2 N–H and O–H groups in total. The van der Waals surface area contributed by atoms with Gasteiger partial charge in [-0.1, -0.05) is 42.5 Å². The Kier molecular flexibility index (Phi) is 11.6. The van der Waals surface area contributed by atoms with Gasteiger partial charge in [-0.25, -0.2) is 4.98 Å². The first-order valence-corrected chi connectivity index (χ1v) is 11.4. The summed E-state index contributed by atoms with van der Waals surface area (Å²) in [6, 6.07) is 18.2. The van der Waals surface area contributed by atoms with E-state index in [9.17, 15) is 4.79 Å². The quantitative estimate of drug-likeness (QED) is 0.221. The predicted octanol–water partition coefficient (Wildman–Crippen LogP) is 3.59. The molecule has 0 spiro atoms. The molecule has 7 nitrogen and oxygen atoms in total. The Bertz CT molecular complexity index is 1050. The predicted molar refractivity (Wildman–Crippen MR) is 149 cm³/mol. The van der Waals surface area contributed by atoms with E-state index >= 15 is 0 Å². The van der Waals surface area contributed by atoms with Crippen molar-refractivity contribution in [2.24, 2.45) is 4.99 Å². The van der Waals surface area contributed by atoms with Gasteiger partial charge in [0, 0.05) is 64.7 Å². The first-order chi connectivity index (χ1) is 16.1. The van der Waals surface area contributed by atoms with Crippen LogP contribution < -0.4 is 10.6 Å². The Hall–Kier alpha value is -2.88. The maximum Gasteiger partial charge on any atom is 0.253 e. The van der Waals surface area contributed by atoms with E-state index in [0.717, 1.165) is 49.8 Å². The van der Waals surface area contributed by atoms with Crippen LogP contribution in [0.25, 0.3) is 0 Å². The summed E-state index contributed by atoms with van der Waals surface area (Å²) in [6.45, 7) is 5.04. The van der Waals surface area contributed by atoms with Gasteiger partial charge in [-0.15, -0.1) is 24.0 Å². The van der Waals surface area contributed by atoms with Gasteiger partial charge >= 0.3 is 0 Å². The molecule has 0 aliphatic rings. The second kappa shape index (κ2) is 14.4. The number of carbonyl (C=O) groups is 1. The summed E-state index contributed by atoms with van der Waals surface area (Å²) in [5.41, 5.74) is 3.09. The fourth-order valence-corrected chi connectivity index (χ4v) is 3.55. The summed E-state index contributed by atoms with van der Waals surface area (Å²) in [5, 5.41) is 6.69. The lowest BCUT2D eigenvalue weighted by Gasteiger charge is -2.13. The van der Waals surface area contributed by atoms with Crippen molar-refractivity contribution in [2.45, 2.75) is 26.3 Å². The van der Waals surface area contributed by atoms with E-state index in [1.807, 2.05) is 42.7 Å². The minimum absolute atomic E-state index is 0. The number of hydrogen-bond acceptors (Lipinski definition) is 3. The van der Waals surface area contributed by atoms with Crippen molar-refractivity contribution in [3.8, 4) is 0 Å². The van der Waals surface area contributed by atoms with Crippen molar-refractivity contribution >= 4 is 35.8 Å². The summed E-state index contributed by atoms with van der Waals surface area (Å²) >= 11 is 0. The Morgan fingerprint density at radius 2 is 1.79 bits per heavy atom. The summed E-state index contributed by atoms with van der Waals surface area (Å²) in [7, 11) is 3.54. The van der Waals surface area contributed by atoms with Gasteiger partial charge in [0.05, 0.1) is 0 Å². The molecular formula is C26H35IN6O. The number of aliphatic imine (C=N–C) groups is 1. The van der Waals surface area contributed by atoms with Gasteiger partial charge in [-0.3, -0.25) is 9.79 Å². The summed E-state index contributed by atoms with van der Waals surface area (Å²) < 4.78 is 2.17. The molecule has 0 aliphatic carbocycles. The van der Waals surface area contributed by atoms with Crippen LogP contribution in [0.2, 0.25) is 0 Å². The Morgan fingerprint density at radius 3 is 2.53 bits per heavy atom. The van der Waals surface area contributed by atoms with Gasteiger partial charge in [-0.2, -0.15) is 0 Å². The monoisotopic (exact) mass is 574 g/mol. The number of guanidine groups is 1. The van der Waals surface area contributed by atoms with Crippen LogP contribution >= 0.6 is 24.0 Å². The molecule has 2 aromatic carbocycles. The van der Waals surface area contributed by atoms with Crippen molar-refractivity contribution in [1.29, 1.82) is 0 Å². The van der Waals surface area contributed by atoms with Gasteiger partial charge in [0.2, 0.25) is 0 Å². The van der Waals surface area contributed by atoms with E-state index in [2.05, 4.69) is 51.4 Å². The van der Waals surface area contributed by atoms with E-state index in [1.165, 1.54) is 5.56 Å². The molecule has 8 heteroatoms. The molecule has 0 atom stereocenters. The highest BCUT2D eigenvalue weighted by Crippen LogP contribution is 2.08. The van der Waals surface area contributed by atoms with E-state index in [1.54, 1.807) is 19.0 Å². The highest BCUT2D eigenvalue weighted by atomic mass is 127. The van der Waals surface area contributed by atoms with E-state index in [4.69, 9.17) is 4.99 Å². The molecule has 34 heavy (non-hydrogen) atoms. The van der Waals surface area contributed by atoms with Gasteiger partial charge in [0.1, 0.15) is 5.82 Å².